The predicted octanol–water partition coefficient (Wildman–Crippen LogP) is 1.87. The highest BCUT2D eigenvalue weighted by atomic mass is 19.4. The zero-order chi connectivity index (χ0) is 11.2. The number of hydrogen-bond donors (Lipinski definition) is 1. The van der Waals surface area contributed by atoms with E-state index < -0.39 is 12.6 Å². The zero-order valence-corrected chi connectivity index (χ0v) is 8.99. The number of alkyl halides is 3. The van der Waals surface area contributed by atoms with E-state index >= 15 is 0 Å². The van der Waals surface area contributed by atoms with Gasteiger partial charge < -0.3 is 10.2 Å². The van der Waals surface area contributed by atoms with Crippen LogP contribution in [0.1, 0.15) is 19.8 Å². The van der Waals surface area contributed by atoms with Crippen LogP contribution in [-0.2, 0) is 0 Å². The summed E-state index contributed by atoms with van der Waals surface area (Å²) >= 11 is 0. The lowest BCUT2D eigenvalue weighted by Gasteiger charge is -2.19. The van der Waals surface area contributed by atoms with Crippen LogP contribution in [0.25, 0.3) is 0 Å². The first-order valence-electron chi connectivity index (χ1n) is 4.77. The van der Waals surface area contributed by atoms with E-state index in [0.717, 1.165) is 6.42 Å². The van der Waals surface area contributed by atoms with Crippen molar-refractivity contribution in [3.63, 3.8) is 0 Å². The molecule has 0 aliphatic rings. The van der Waals surface area contributed by atoms with Crippen molar-refractivity contribution < 1.29 is 13.2 Å². The molecular formula is C9H19F3N2. The highest BCUT2D eigenvalue weighted by Crippen LogP contribution is 2.19. The Morgan fingerprint density at radius 2 is 1.86 bits per heavy atom. The average molecular weight is 212 g/mol. The molecule has 0 saturated heterocycles. The summed E-state index contributed by atoms with van der Waals surface area (Å²) in [6.45, 7) is 2.79. The molecule has 86 valence electrons. The summed E-state index contributed by atoms with van der Waals surface area (Å²) in [4.78, 5) is 1.71. The maximum Gasteiger partial charge on any atom is 0.390 e. The monoisotopic (exact) mass is 212 g/mol. The summed E-state index contributed by atoms with van der Waals surface area (Å²) in [7, 11) is 3.56. The molecule has 0 saturated carbocycles. The van der Waals surface area contributed by atoms with Crippen molar-refractivity contribution in [2.45, 2.75) is 32.0 Å². The van der Waals surface area contributed by atoms with Crippen LogP contribution < -0.4 is 5.32 Å². The molecule has 0 radical (unpaired) electrons. The Labute approximate surface area is 83.5 Å². The van der Waals surface area contributed by atoms with Gasteiger partial charge in [0.25, 0.3) is 0 Å². The van der Waals surface area contributed by atoms with Gasteiger partial charge in [0.15, 0.2) is 0 Å². The third-order valence-corrected chi connectivity index (χ3v) is 2.21. The van der Waals surface area contributed by atoms with E-state index in [1.807, 2.05) is 14.0 Å². The fourth-order valence-electron chi connectivity index (χ4n) is 0.988. The van der Waals surface area contributed by atoms with E-state index in [-0.39, 0.29) is 6.54 Å². The van der Waals surface area contributed by atoms with Gasteiger partial charge in [0, 0.05) is 12.6 Å². The minimum Gasteiger partial charge on any atom is -0.317 e. The Morgan fingerprint density at radius 3 is 2.29 bits per heavy atom. The molecular weight excluding hydrogens is 193 g/mol. The molecule has 0 heterocycles. The molecule has 14 heavy (non-hydrogen) atoms. The van der Waals surface area contributed by atoms with Crippen molar-refractivity contribution in [3.05, 3.63) is 0 Å². The molecule has 0 rings (SSSR count). The fraction of sp³-hybridized carbons (Fsp3) is 1.00. The Bertz CT molecular complexity index is 147. The highest BCUT2D eigenvalue weighted by Gasteiger charge is 2.26. The van der Waals surface area contributed by atoms with E-state index in [4.69, 9.17) is 0 Å². The molecule has 1 unspecified atom stereocenters. The molecule has 2 nitrogen and oxygen atoms in total. The van der Waals surface area contributed by atoms with Gasteiger partial charge >= 0.3 is 6.18 Å². The van der Waals surface area contributed by atoms with Gasteiger partial charge in [-0.25, -0.2) is 0 Å². The van der Waals surface area contributed by atoms with Crippen LogP contribution in [0.4, 0.5) is 13.2 Å². The van der Waals surface area contributed by atoms with Gasteiger partial charge in [0.2, 0.25) is 0 Å². The van der Waals surface area contributed by atoms with Gasteiger partial charge in [-0.3, -0.25) is 0 Å². The van der Waals surface area contributed by atoms with Gasteiger partial charge in [-0.1, -0.05) is 0 Å². The summed E-state index contributed by atoms with van der Waals surface area (Å²) in [6, 6.07) is 0.350. The molecule has 0 aromatic carbocycles. The number of rotatable bonds is 6. The van der Waals surface area contributed by atoms with E-state index in [1.54, 1.807) is 11.9 Å². The first-order valence-corrected chi connectivity index (χ1v) is 4.77. The first-order chi connectivity index (χ1) is 6.35. The van der Waals surface area contributed by atoms with E-state index in [0.29, 0.717) is 12.6 Å². The SMILES string of the molecule is CNC(C)CCN(C)CCC(F)(F)F. The maximum atomic E-state index is 11.8. The van der Waals surface area contributed by atoms with Crippen LogP contribution in [0.15, 0.2) is 0 Å². The Morgan fingerprint density at radius 1 is 1.29 bits per heavy atom. The molecule has 0 fully saturated rings. The lowest BCUT2D eigenvalue weighted by atomic mass is 10.2. The summed E-state index contributed by atoms with van der Waals surface area (Å²) in [6.07, 6.45) is -3.90. The van der Waals surface area contributed by atoms with E-state index in [1.165, 1.54) is 0 Å². The molecule has 0 aliphatic carbocycles. The van der Waals surface area contributed by atoms with Crippen molar-refractivity contribution in [1.82, 2.24) is 10.2 Å². The minimum atomic E-state index is -4.04. The van der Waals surface area contributed by atoms with Gasteiger partial charge in [-0.05, 0) is 34.0 Å². The Balaban J connectivity index is 3.51. The molecule has 5 heteroatoms. The third kappa shape index (κ3) is 8.31. The minimum absolute atomic E-state index is 0.0833. The third-order valence-electron chi connectivity index (χ3n) is 2.21. The highest BCUT2D eigenvalue weighted by molar-refractivity contribution is 4.62. The molecule has 1 N–H and O–H groups in total. The lowest BCUT2D eigenvalue weighted by Crippen LogP contribution is -2.30. The summed E-state index contributed by atoms with van der Waals surface area (Å²) in [5.41, 5.74) is 0. The summed E-state index contributed by atoms with van der Waals surface area (Å²) < 4.78 is 35.5. The van der Waals surface area contributed by atoms with Crippen molar-refractivity contribution >= 4 is 0 Å². The second-order valence-electron chi connectivity index (χ2n) is 3.65. The standard InChI is InChI=1S/C9H19F3N2/c1-8(13-2)4-6-14(3)7-5-9(10,11)12/h8,13H,4-7H2,1-3H3. The average Bonchev–Trinajstić information content (AvgIpc) is 2.09. The van der Waals surface area contributed by atoms with Crippen molar-refractivity contribution in [2.75, 3.05) is 27.2 Å². The largest absolute Gasteiger partial charge is 0.390 e. The van der Waals surface area contributed by atoms with Crippen LogP contribution >= 0.6 is 0 Å². The van der Waals surface area contributed by atoms with E-state index in [9.17, 15) is 13.2 Å². The van der Waals surface area contributed by atoms with Gasteiger partial charge in [-0.2, -0.15) is 13.2 Å². The smallest absolute Gasteiger partial charge is 0.317 e. The molecule has 0 amide bonds. The fourth-order valence-corrected chi connectivity index (χ4v) is 0.988. The molecule has 0 bridgehead atoms. The molecule has 0 aliphatic heterocycles. The summed E-state index contributed by atoms with van der Waals surface area (Å²) in [5.74, 6) is 0. The predicted molar refractivity (Wildman–Crippen MR) is 51.3 cm³/mol. The quantitative estimate of drug-likeness (QED) is 0.723. The second kappa shape index (κ2) is 6.24. The van der Waals surface area contributed by atoms with Crippen LogP contribution in [0.2, 0.25) is 0 Å². The number of nitrogens with zero attached hydrogens (tertiary/aromatic N) is 1. The molecule has 0 spiro atoms. The van der Waals surface area contributed by atoms with Gasteiger partial charge in [0.05, 0.1) is 6.42 Å². The molecule has 0 aromatic rings. The van der Waals surface area contributed by atoms with Crippen LogP contribution in [0.3, 0.4) is 0 Å². The topological polar surface area (TPSA) is 15.3 Å². The molecule has 1 atom stereocenters. The first kappa shape index (κ1) is 13.7. The van der Waals surface area contributed by atoms with Crippen molar-refractivity contribution in [3.8, 4) is 0 Å². The zero-order valence-electron chi connectivity index (χ0n) is 8.99. The Kier molecular flexibility index (Phi) is 6.11. The lowest BCUT2D eigenvalue weighted by molar-refractivity contribution is -0.137. The Hall–Kier alpha value is -0.290. The number of halogens is 3. The summed E-state index contributed by atoms with van der Waals surface area (Å²) in [5, 5.41) is 3.04. The van der Waals surface area contributed by atoms with Crippen LogP contribution in [0.5, 0.6) is 0 Å². The number of nitrogens with one attached hydrogen (secondary N) is 1. The van der Waals surface area contributed by atoms with Crippen molar-refractivity contribution in [1.29, 1.82) is 0 Å². The number of hydrogen-bond acceptors (Lipinski definition) is 2. The van der Waals surface area contributed by atoms with E-state index in [2.05, 4.69) is 5.32 Å². The van der Waals surface area contributed by atoms with Crippen LogP contribution in [0, 0.1) is 0 Å². The maximum absolute atomic E-state index is 11.8. The second-order valence-corrected chi connectivity index (χ2v) is 3.65. The normalized spacial score (nSPS) is 14.8. The van der Waals surface area contributed by atoms with Gasteiger partial charge in [-0.15, -0.1) is 0 Å². The van der Waals surface area contributed by atoms with Crippen molar-refractivity contribution in [2.24, 2.45) is 0 Å². The molecule has 0 aromatic heterocycles. The van der Waals surface area contributed by atoms with Gasteiger partial charge in [0.1, 0.15) is 0 Å². The van der Waals surface area contributed by atoms with Crippen LogP contribution in [-0.4, -0.2) is 44.3 Å².